The first-order valence-corrected chi connectivity index (χ1v) is 6.73. The standard InChI is InChI=1S/C15H16F3N3/c1-3-13-20-12(9-14(21-13)19-4-2)10-5-7-11(8-6-10)15(16,17)18/h5-9H,3-4H2,1-2H3,(H,19,20,21). The first-order chi connectivity index (χ1) is 9.94. The van der Waals surface area contributed by atoms with Crippen molar-refractivity contribution in [2.75, 3.05) is 11.9 Å². The molecule has 1 aromatic heterocycles. The van der Waals surface area contributed by atoms with Gasteiger partial charge < -0.3 is 5.32 Å². The maximum atomic E-state index is 12.6. The van der Waals surface area contributed by atoms with E-state index in [1.54, 1.807) is 6.07 Å². The summed E-state index contributed by atoms with van der Waals surface area (Å²) in [6.45, 7) is 4.60. The molecule has 2 rings (SSSR count). The van der Waals surface area contributed by atoms with Gasteiger partial charge in [-0.05, 0) is 19.1 Å². The lowest BCUT2D eigenvalue weighted by atomic mass is 10.1. The second-order valence-electron chi connectivity index (χ2n) is 4.51. The summed E-state index contributed by atoms with van der Waals surface area (Å²) >= 11 is 0. The fourth-order valence-corrected chi connectivity index (χ4v) is 1.90. The molecule has 0 saturated heterocycles. The second kappa shape index (κ2) is 6.11. The van der Waals surface area contributed by atoms with E-state index in [1.807, 2.05) is 13.8 Å². The van der Waals surface area contributed by atoms with Crippen LogP contribution >= 0.6 is 0 Å². The Balaban J connectivity index is 2.39. The van der Waals surface area contributed by atoms with Gasteiger partial charge in [0.05, 0.1) is 11.3 Å². The maximum Gasteiger partial charge on any atom is 0.416 e. The van der Waals surface area contributed by atoms with Gasteiger partial charge in [0, 0.05) is 24.6 Å². The van der Waals surface area contributed by atoms with Gasteiger partial charge in [-0.3, -0.25) is 0 Å². The van der Waals surface area contributed by atoms with E-state index in [-0.39, 0.29) is 0 Å². The van der Waals surface area contributed by atoms with Crippen molar-refractivity contribution in [1.82, 2.24) is 9.97 Å². The molecule has 0 radical (unpaired) electrons. The molecule has 1 N–H and O–H groups in total. The van der Waals surface area contributed by atoms with Gasteiger partial charge in [0.1, 0.15) is 11.6 Å². The van der Waals surface area contributed by atoms with E-state index in [1.165, 1.54) is 12.1 Å². The molecule has 21 heavy (non-hydrogen) atoms. The average Bonchev–Trinajstić information content (AvgIpc) is 2.46. The molecule has 0 spiro atoms. The van der Waals surface area contributed by atoms with Crippen molar-refractivity contribution in [2.24, 2.45) is 0 Å². The van der Waals surface area contributed by atoms with E-state index >= 15 is 0 Å². The molecule has 0 bridgehead atoms. The van der Waals surface area contributed by atoms with Crippen molar-refractivity contribution < 1.29 is 13.2 Å². The number of benzene rings is 1. The smallest absolute Gasteiger partial charge is 0.370 e. The van der Waals surface area contributed by atoms with Crippen LogP contribution in [0.5, 0.6) is 0 Å². The highest BCUT2D eigenvalue weighted by Gasteiger charge is 2.30. The van der Waals surface area contributed by atoms with Crippen molar-refractivity contribution in [3.05, 3.63) is 41.7 Å². The van der Waals surface area contributed by atoms with Crippen LogP contribution in [0.3, 0.4) is 0 Å². The van der Waals surface area contributed by atoms with Crippen LogP contribution < -0.4 is 5.32 Å². The SMILES string of the molecule is CCNc1cc(-c2ccc(C(F)(F)F)cc2)nc(CC)n1. The van der Waals surface area contributed by atoms with Gasteiger partial charge in [0.2, 0.25) is 0 Å². The fourth-order valence-electron chi connectivity index (χ4n) is 1.90. The number of alkyl halides is 3. The summed E-state index contributed by atoms with van der Waals surface area (Å²) in [4.78, 5) is 8.69. The lowest BCUT2D eigenvalue weighted by Gasteiger charge is -2.10. The number of hydrogen-bond donors (Lipinski definition) is 1. The Morgan fingerprint density at radius 3 is 2.24 bits per heavy atom. The van der Waals surface area contributed by atoms with Gasteiger partial charge >= 0.3 is 6.18 Å². The average molecular weight is 295 g/mol. The van der Waals surface area contributed by atoms with Gasteiger partial charge in [-0.1, -0.05) is 19.1 Å². The first kappa shape index (κ1) is 15.3. The molecular weight excluding hydrogens is 279 g/mol. The maximum absolute atomic E-state index is 12.6. The summed E-state index contributed by atoms with van der Waals surface area (Å²) in [5.41, 5.74) is 0.591. The molecule has 112 valence electrons. The number of nitrogens with one attached hydrogen (secondary N) is 1. The molecule has 3 nitrogen and oxygen atoms in total. The van der Waals surface area contributed by atoms with E-state index in [0.29, 0.717) is 35.9 Å². The number of aryl methyl sites for hydroxylation is 1. The van der Waals surface area contributed by atoms with E-state index in [0.717, 1.165) is 12.1 Å². The third-order valence-corrected chi connectivity index (χ3v) is 2.95. The minimum absolute atomic E-state index is 0.617. The van der Waals surface area contributed by atoms with E-state index in [2.05, 4.69) is 15.3 Å². The van der Waals surface area contributed by atoms with Crippen LogP contribution in [0, 0.1) is 0 Å². The zero-order valence-corrected chi connectivity index (χ0v) is 11.8. The fraction of sp³-hybridized carbons (Fsp3) is 0.333. The minimum Gasteiger partial charge on any atom is -0.370 e. The molecular formula is C15H16F3N3. The first-order valence-electron chi connectivity index (χ1n) is 6.73. The van der Waals surface area contributed by atoms with Gasteiger partial charge in [-0.15, -0.1) is 0 Å². The summed E-state index contributed by atoms with van der Waals surface area (Å²) in [6.07, 6.45) is -3.67. The lowest BCUT2D eigenvalue weighted by molar-refractivity contribution is -0.137. The van der Waals surface area contributed by atoms with Crippen molar-refractivity contribution in [3.63, 3.8) is 0 Å². The molecule has 0 amide bonds. The Labute approximate surface area is 121 Å². The van der Waals surface area contributed by atoms with Gasteiger partial charge in [0.15, 0.2) is 0 Å². The monoisotopic (exact) mass is 295 g/mol. The molecule has 0 unspecified atom stereocenters. The highest BCUT2D eigenvalue weighted by atomic mass is 19.4. The third-order valence-electron chi connectivity index (χ3n) is 2.95. The van der Waals surface area contributed by atoms with Crippen LogP contribution in [0.15, 0.2) is 30.3 Å². The number of nitrogens with zero attached hydrogens (tertiary/aromatic N) is 2. The zero-order valence-electron chi connectivity index (χ0n) is 11.8. The predicted octanol–water partition coefficient (Wildman–Crippen LogP) is 4.16. The molecule has 0 aliphatic heterocycles. The normalized spacial score (nSPS) is 11.5. The summed E-state index contributed by atoms with van der Waals surface area (Å²) in [7, 11) is 0. The summed E-state index contributed by atoms with van der Waals surface area (Å²) < 4.78 is 37.7. The third kappa shape index (κ3) is 3.71. The molecule has 1 aromatic carbocycles. The molecule has 6 heteroatoms. The van der Waals surface area contributed by atoms with Crippen LogP contribution in [-0.4, -0.2) is 16.5 Å². The number of aromatic nitrogens is 2. The Bertz CT molecular complexity index is 607. The van der Waals surface area contributed by atoms with Crippen LogP contribution in [0.25, 0.3) is 11.3 Å². The summed E-state index contributed by atoms with van der Waals surface area (Å²) in [5.74, 6) is 1.34. The van der Waals surface area contributed by atoms with Crippen molar-refractivity contribution in [3.8, 4) is 11.3 Å². The van der Waals surface area contributed by atoms with Crippen molar-refractivity contribution >= 4 is 5.82 Å². The highest BCUT2D eigenvalue weighted by Crippen LogP contribution is 2.30. The summed E-state index contributed by atoms with van der Waals surface area (Å²) in [6, 6.07) is 6.73. The molecule has 0 aliphatic rings. The second-order valence-corrected chi connectivity index (χ2v) is 4.51. The van der Waals surface area contributed by atoms with Gasteiger partial charge in [-0.25, -0.2) is 9.97 Å². The van der Waals surface area contributed by atoms with Crippen molar-refractivity contribution in [2.45, 2.75) is 26.4 Å². The Kier molecular flexibility index (Phi) is 4.45. The van der Waals surface area contributed by atoms with E-state index in [4.69, 9.17) is 0 Å². The molecule has 1 heterocycles. The Morgan fingerprint density at radius 1 is 1.05 bits per heavy atom. The molecule has 0 atom stereocenters. The zero-order chi connectivity index (χ0) is 15.5. The number of rotatable bonds is 4. The number of anilines is 1. The predicted molar refractivity (Wildman–Crippen MR) is 76.0 cm³/mol. The van der Waals surface area contributed by atoms with Crippen LogP contribution in [-0.2, 0) is 12.6 Å². The Morgan fingerprint density at radius 2 is 1.71 bits per heavy atom. The van der Waals surface area contributed by atoms with Crippen LogP contribution in [0.1, 0.15) is 25.2 Å². The molecule has 0 aliphatic carbocycles. The minimum atomic E-state index is -4.33. The molecule has 0 saturated carbocycles. The van der Waals surface area contributed by atoms with E-state index < -0.39 is 11.7 Å². The molecule has 0 fully saturated rings. The summed E-state index contributed by atoms with van der Waals surface area (Å²) in [5, 5.41) is 3.10. The largest absolute Gasteiger partial charge is 0.416 e. The quantitative estimate of drug-likeness (QED) is 0.920. The Hall–Kier alpha value is -2.11. The van der Waals surface area contributed by atoms with E-state index in [9.17, 15) is 13.2 Å². The van der Waals surface area contributed by atoms with Crippen LogP contribution in [0.4, 0.5) is 19.0 Å². The highest BCUT2D eigenvalue weighted by molar-refractivity contribution is 5.63. The lowest BCUT2D eigenvalue weighted by Crippen LogP contribution is -2.05. The molecule has 2 aromatic rings. The number of halogens is 3. The van der Waals surface area contributed by atoms with Crippen LogP contribution in [0.2, 0.25) is 0 Å². The van der Waals surface area contributed by atoms with Gasteiger partial charge in [0.25, 0.3) is 0 Å². The van der Waals surface area contributed by atoms with Gasteiger partial charge in [-0.2, -0.15) is 13.2 Å². The number of hydrogen-bond acceptors (Lipinski definition) is 3. The van der Waals surface area contributed by atoms with Crippen molar-refractivity contribution in [1.29, 1.82) is 0 Å². The topological polar surface area (TPSA) is 37.8 Å².